The van der Waals surface area contributed by atoms with Gasteiger partial charge in [0.25, 0.3) is 5.69 Å². The van der Waals surface area contributed by atoms with Gasteiger partial charge in [-0.2, -0.15) is 0 Å². The Morgan fingerprint density at radius 1 is 1.18 bits per heavy atom. The molecule has 0 spiro atoms. The Hall–Kier alpha value is -2.11. The number of hydrogen-bond donors (Lipinski definition) is 0. The molecule has 1 amide bonds. The van der Waals surface area contributed by atoms with Gasteiger partial charge in [0.2, 0.25) is 0 Å². The molecule has 0 radical (unpaired) electrons. The second kappa shape index (κ2) is 9.76. The lowest BCUT2D eigenvalue weighted by molar-refractivity contribution is -0.384. The van der Waals surface area contributed by atoms with Crippen LogP contribution in [0.2, 0.25) is 0 Å². The van der Waals surface area contributed by atoms with E-state index in [1.165, 1.54) is 11.0 Å². The van der Waals surface area contributed by atoms with Crippen LogP contribution in [-0.4, -0.2) is 24.2 Å². The summed E-state index contributed by atoms with van der Waals surface area (Å²) < 4.78 is 5.16. The first-order valence-electron chi connectivity index (χ1n) is 7.79. The first kappa shape index (κ1) is 17.9. The lowest BCUT2D eigenvalue weighted by Gasteiger charge is -2.22. The predicted molar refractivity (Wildman–Crippen MR) is 86.2 cm³/mol. The number of carbonyl (C=O) groups is 1. The van der Waals surface area contributed by atoms with Crippen LogP contribution in [-0.2, 0) is 4.74 Å². The number of anilines is 1. The van der Waals surface area contributed by atoms with Crippen LogP contribution < -0.4 is 4.90 Å². The van der Waals surface area contributed by atoms with Crippen LogP contribution in [0.3, 0.4) is 0 Å². The number of hydrogen-bond acceptors (Lipinski definition) is 4. The number of nitro benzene ring substituents is 1. The van der Waals surface area contributed by atoms with Crippen molar-refractivity contribution in [2.75, 3.05) is 18.1 Å². The molecule has 0 saturated carbocycles. The number of rotatable bonds is 9. The fraction of sp³-hybridized carbons (Fsp3) is 0.562. The van der Waals surface area contributed by atoms with Gasteiger partial charge in [-0.1, -0.05) is 45.2 Å². The van der Waals surface area contributed by atoms with Gasteiger partial charge in [-0.25, -0.2) is 4.79 Å². The SMILES string of the molecule is CCCCCCN(C(=O)OCCC)c1ccccc1[N+](=O)[O-]. The second-order valence-corrected chi connectivity index (χ2v) is 5.07. The molecular weight excluding hydrogens is 284 g/mol. The van der Waals surface area contributed by atoms with Crippen molar-refractivity contribution in [1.29, 1.82) is 0 Å². The molecule has 0 N–H and O–H groups in total. The minimum atomic E-state index is -0.521. The molecule has 22 heavy (non-hydrogen) atoms. The third-order valence-corrected chi connectivity index (χ3v) is 3.25. The molecule has 0 aliphatic rings. The highest BCUT2D eigenvalue weighted by Crippen LogP contribution is 2.28. The highest BCUT2D eigenvalue weighted by atomic mass is 16.6. The Balaban J connectivity index is 2.93. The third kappa shape index (κ3) is 5.35. The van der Waals surface area contributed by atoms with Crippen molar-refractivity contribution in [2.24, 2.45) is 0 Å². The number of nitrogens with zero attached hydrogens (tertiary/aromatic N) is 2. The standard InChI is InChI=1S/C16H24N2O4/c1-3-5-6-9-12-17(16(19)22-13-4-2)14-10-7-8-11-15(14)18(20)21/h7-8,10-11H,3-6,9,12-13H2,1-2H3. The van der Waals surface area contributed by atoms with Gasteiger partial charge in [0.1, 0.15) is 5.69 Å². The van der Waals surface area contributed by atoms with E-state index in [0.29, 0.717) is 25.3 Å². The van der Waals surface area contributed by atoms with Crippen molar-refractivity contribution in [1.82, 2.24) is 0 Å². The van der Waals surface area contributed by atoms with Gasteiger partial charge in [0.15, 0.2) is 0 Å². The number of unbranched alkanes of at least 4 members (excludes halogenated alkanes) is 3. The second-order valence-electron chi connectivity index (χ2n) is 5.07. The van der Waals surface area contributed by atoms with E-state index in [1.54, 1.807) is 18.2 Å². The summed E-state index contributed by atoms with van der Waals surface area (Å²) in [5.41, 5.74) is 0.219. The first-order chi connectivity index (χ1) is 10.6. The van der Waals surface area contributed by atoms with E-state index in [0.717, 1.165) is 25.7 Å². The minimum Gasteiger partial charge on any atom is -0.449 e. The summed E-state index contributed by atoms with van der Waals surface area (Å²) in [7, 11) is 0. The van der Waals surface area contributed by atoms with Gasteiger partial charge in [-0.05, 0) is 18.9 Å². The molecule has 0 bridgehead atoms. The molecule has 0 saturated heterocycles. The highest BCUT2D eigenvalue weighted by molar-refractivity contribution is 5.90. The maximum atomic E-state index is 12.2. The van der Waals surface area contributed by atoms with Crippen molar-refractivity contribution in [3.05, 3.63) is 34.4 Å². The van der Waals surface area contributed by atoms with Crippen LogP contribution >= 0.6 is 0 Å². The zero-order valence-electron chi connectivity index (χ0n) is 13.3. The molecule has 0 aromatic heterocycles. The van der Waals surface area contributed by atoms with Gasteiger partial charge in [-0.3, -0.25) is 15.0 Å². The van der Waals surface area contributed by atoms with Crippen LogP contribution in [0.5, 0.6) is 0 Å². The Bertz CT molecular complexity index is 491. The van der Waals surface area contributed by atoms with Crippen LogP contribution in [0.4, 0.5) is 16.2 Å². The number of benzene rings is 1. The predicted octanol–water partition coefficient (Wildman–Crippen LogP) is 4.53. The number of nitro groups is 1. The van der Waals surface area contributed by atoms with Crippen molar-refractivity contribution in [3.63, 3.8) is 0 Å². The van der Waals surface area contributed by atoms with E-state index < -0.39 is 11.0 Å². The normalized spacial score (nSPS) is 10.3. The molecule has 6 nitrogen and oxygen atoms in total. The van der Waals surface area contributed by atoms with Gasteiger partial charge in [0.05, 0.1) is 11.5 Å². The monoisotopic (exact) mass is 308 g/mol. The topological polar surface area (TPSA) is 72.7 Å². The van der Waals surface area contributed by atoms with Gasteiger partial charge in [0, 0.05) is 12.6 Å². The summed E-state index contributed by atoms with van der Waals surface area (Å²) in [6, 6.07) is 6.27. The van der Waals surface area contributed by atoms with Crippen molar-refractivity contribution >= 4 is 17.5 Å². The van der Waals surface area contributed by atoms with Gasteiger partial charge in [-0.15, -0.1) is 0 Å². The van der Waals surface area contributed by atoms with Crippen LogP contribution in [0.25, 0.3) is 0 Å². The largest absolute Gasteiger partial charge is 0.449 e. The van der Waals surface area contributed by atoms with E-state index >= 15 is 0 Å². The zero-order chi connectivity index (χ0) is 16.4. The molecule has 6 heteroatoms. The Kier molecular flexibility index (Phi) is 7.96. The summed E-state index contributed by atoms with van der Waals surface area (Å²) in [6.07, 6.45) is 4.13. The fourth-order valence-electron chi connectivity index (χ4n) is 2.12. The third-order valence-electron chi connectivity index (χ3n) is 3.25. The van der Waals surface area contributed by atoms with Crippen molar-refractivity contribution in [3.8, 4) is 0 Å². The van der Waals surface area contributed by atoms with Crippen LogP contribution in [0, 0.1) is 10.1 Å². The molecule has 1 rings (SSSR count). The van der Waals surface area contributed by atoms with Crippen molar-refractivity contribution < 1.29 is 14.5 Å². The summed E-state index contributed by atoms with van der Waals surface area (Å²) in [5.74, 6) is 0. The maximum Gasteiger partial charge on any atom is 0.414 e. The van der Waals surface area contributed by atoms with Crippen LogP contribution in [0.15, 0.2) is 24.3 Å². The fourth-order valence-corrected chi connectivity index (χ4v) is 2.12. The van der Waals surface area contributed by atoms with E-state index in [1.807, 2.05) is 6.92 Å². The van der Waals surface area contributed by atoms with E-state index in [2.05, 4.69) is 6.92 Å². The smallest absolute Gasteiger partial charge is 0.414 e. The first-order valence-corrected chi connectivity index (χ1v) is 7.79. The molecule has 122 valence electrons. The molecule has 1 aromatic rings. The molecular formula is C16H24N2O4. The molecule has 0 aliphatic heterocycles. The average molecular weight is 308 g/mol. The maximum absolute atomic E-state index is 12.2. The number of para-hydroxylation sites is 2. The van der Waals surface area contributed by atoms with Crippen LogP contribution in [0.1, 0.15) is 46.0 Å². The molecule has 1 aromatic carbocycles. The minimum absolute atomic E-state index is 0.0774. The Morgan fingerprint density at radius 2 is 1.91 bits per heavy atom. The molecule has 0 atom stereocenters. The van der Waals surface area contributed by atoms with E-state index in [4.69, 9.17) is 4.74 Å². The average Bonchev–Trinajstić information content (AvgIpc) is 2.52. The molecule has 0 unspecified atom stereocenters. The van der Waals surface area contributed by atoms with Crippen molar-refractivity contribution in [2.45, 2.75) is 46.0 Å². The van der Waals surface area contributed by atoms with E-state index in [9.17, 15) is 14.9 Å². The quantitative estimate of drug-likeness (QED) is 0.382. The number of amides is 1. The number of carbonyl (C=O) groups excluding carboxylic acids is 1. The Labute approximate surface area is 131 Å². The molecule has 0 aliphatic carbocycles. The Morgan fingerprint density at radius 3 is 2.55 bits per heavy atom. The molecule has 0 heterocycles. The zero-order valence-corrected chi connectivity index (χ0v) is 13.3. The summed E-state index contributed by atoms with van der Waals surface area (Å²) in [6.45, 7) is 4.75. The lowest BCUT2D eigenvalue weighted by Crippen LogP contribution is -2.33. The van der Waals surface area contributed by atoms with Gasteiger partial charge < -0.3 is 4.74 Å². The summed E-state index contributed by atoms with van der Waals surface area (Å²) >= 11 is 0. The highest BCUT2D eigenvalue weighted by Gasteiger charge is 2.24. The van der Waals surface area contributed by atoms with Gasteiger partial charge >= 0.3 is 6.09 Å². The molecule has 0 fully saturated rings. The lowest BCUT2D eigenvalue weighted by atomic mass is 10.2. The number of ether oxygens (including phenoxy) is 1. The summed E-state index contributed by atoms with van der Waals surface area (Å²) in [4.78, 5) is 24.3. The van der Waals surface area contributed by atoms with E-state index in [-0.39, 0.29) is 5.69 Å². The summed E-state index contributed by atoms with van der Waals surface area (Å²) in [5, 5.41) is 11.2.